The van der Waals surface area contributed by atoms with Crippen LogP contribution in [0.2, 0.25) is 0 Å². The monoisotopic (exact) mass is 219 g/mol. The summed E-state index contributed by atoms with van der Waals surface area (Å²) in [5.74, 6) is -0.390. The van der Waals surface area contributed by atoms with Gasteiger partial charge in [0.2, 0.25) is 0 Å². The molecule has 2 aromatic rings. The fourth-order valence-corrected chi connectivity index (χ4v) is 1.36. The Hall–Kier alpha value is -1.84. The molecule has 0 atom stereocenters. The van der Waals surface area contributed by atoms with Crippen LogP contribution in [-0.4, -0.2) is 16.6 Å². The molecule has 0 N–H and O–H groups in total. The normalized spacial score (nSPS) is 11.7. The van der Waals surface area contributed by atoms with Crippen molar-refractivity contribution < 1.29 is 13.9 Å². The summed E-state index contributed by atoms with van der Waals surface area (Å²) < 4.78 is 10.5. The van der Waals surface area contributed by atoms with Gasteiger partial charge in [0, 0.05) is 12.4 Å². The van der Waals surface area contributed by atoms with E-state index in [4.69, 9.17) is 9.15 Å². The molecule has 2 rings (SSSR count). The minimum atomic E-state index is -0.511. The third kappa shape index (κ3) is 2.05. The van der Waals surface area contributed by atoms with Crippen LogP contribution in [0.5, 0.6) is 0 Å². The van der Waals surface area contributed by atoms with E-state index in [2.05, 4.69) is 4.98 Å². The number of hydrogen-bond acceptors (Lipinski definition) is 4. The van der Waals surface area contributed by atoms with E-state index in [0.717, 1.165) is 0 Å². The van der Waals surface area contributed by atoms with Crippen molar-refractivity contribution >= 4 is 16.9 Å². The number of fused-ring (bicyclic) bond motifs is 1. The lowest BCUT2D eigenvalue weighted by Gasteiger charge is -2.18. The number of nitrogens with zero attached hydrogens (tertiary/aromatic N) is 1. The maximum atomic E-state index is 11.8. The average Bonchev–Trinajstić information content (AvgIpc) is 2.58. The van der Waals surface area contributed by atoms with Gasteiger partial charge in [-0.1, -0.05) is 0 Å². The zero-order valence-electron chi connectivity index (χ0n) is 9.48. The van der Waals surface area contributed by atoms with Gasteiger partial charge in [-0.2, -0.15) is 0 Å². The molecule has 0 aliphatic heterocycles. The molecule has 2 aromatic heterocycles. The summed E-state index contributed by atoms with van der Waals surface area (Å²) in [6.45, 7) is 5.47. The quantitative estimate of drug-likeness (QED) is 0.692. The topological polar surface area (TPSA) is 52.3 Å². The molecule has 0 saturated carbocycles. The van der Waals surface area contributed by atoms with Crippen LogP contribution in [0.4, 0.5) is 0 Å². The Morgan fingerprint density at radius 3 is 2.88 bits per heavy atom. The molecule has 0 bridgehead atoms. The summed E-state index contributed by atoms with van der Waals surface area (Å²) >= 11 is 0. The highest BCUT2D eigenvalue weighted by atomic mass is 16.6. The van der Waals surface area contributed by atoms with E-state index in [1.165, 1.54) is 6.26 Å². The van der Waals surface area contributed by atoms with Crippen molar-refractivity contribution in [1.82, 2.24) is 4.98 Å². The van der Waals surface area contributed by atoms with Crippen LogP contribution in [0, 0.1) is 0 Å². The standard InChI is InChI=1S/C12H13NO3/c1-12(2,3)16-11(14)9-7-15-10-4-5-13-6-8(9)10/h4-7H,1-3H3. The Bertz CT molecular complexity index is 522. The van der Waals surface area contributed by atoms with Crippen LogP contribution in [0.25, 0.3) is 11.0 Å². The van der Waals surface area contributed by atoms with Gasteiger partial charge < -0.3 is 9.15 Å². The van der Waals surface area contributed by atoms with E-state index in [1.54, 1.807) is 18.5 Å². The molecule has 0 saturated heterocycles. The summed E-state index contributed by atoms with van der Waals surface area (Å²) in [7, 11) is 0. The lowest BCUT2D eigenvalue weighted by molar-refractivity contribution is 0.00709. The smallest absolute Gasteiger partial charge is 0.342 e. The van der Waals surface area contributed by atoms with Crippen molar-refractivity contribution in [2.75, 3.05) is 0 Å². The molecule has 0 spiro atoms. The van der Waals surface area contributed by atoms with Gasteiger partial charge in [0.15, 0.2) is 0 Å². The minimum absolute atomic E-state index is 0.390. The summed E-state index contributed by atoms with van der Waals surface area (Å²) in [6.07, 6.45) is 4.61. The first-order valence-corrected chi connectivity index (χ1v) is 5.02. The Labute approximate surface area is 93.2 Å². The molecule has 0 unspecified atom stereocenters. The molecule has 0 aliphatic rings. The molecule has 84 valence electrons. The number of carbonyl (C=O) groups is 1. The number of ether oxygens (including phenoxy) is 1. The second-order valence-corrected chi connectivity index (χ2v) is 4.52. The molecule has 4 heteroatoms. The first-order valence-electron chi connectivity index (χ1n) is 5.02. The van der Waals surface area contributed by atoms with Crippen LogP contribution < -0.4 is 0 Å². The number of esters is 1. The van der Waals surface area contributed by atoms with Gasteiger partial charge in [0.25, 0.3) is 0 Å². The largest absolute Gasteiger partial charge is 0.463 e. The lowest BCUT2D eigenvalue weighted by Crippen LogP contribution is -2.23. The molecule has 0 radical (unpaired) electrons. The van der Waals surface area contributed by atoms with E-state index in [1.807, 2.05) is 20.8 Å². The first kappa shape index (κ1) is 10.7. The SMILES string of the molecule is CC(C)(C)OC(=O)c1coc2ccncc12. The molecule has 0 fully saturated rings. The number of furan rings is 1. The average molecular weight is 219 g/mol. The zero-order chi connectivity index (χ0) is 11.8. The summed E-state index contributed by atoms with van der Waals surface area (Å²) in [4.78, 5) is 15.8. The van der Waals surface area contributed by atoms with Crippen LogP contribution in [-0.2, 0) is 4.74 Å². The van der Waals surface area contributed by atoms with Crippen LogP contribution in [0.3, 0.4) is 0 Å². The molecular weight excluding hydrogens is 206 g/mol. The van der Waals surface area contributed by atoms with Gasteiger partial charge in [-0.15, -0.1) is 0 Å². The molecule has 0 aromatic carbocycles. The highest BCUT2D eigenvalue weighted by Crippen LogP contribution is 2.22. The molecular formula is C12H13NO3. The zero-order valence-corrected chi connectivity index (χ0v) is 9.48. The summed E-state index contributed by atoms with van der Waals surface area (Å²) in [6, 6.07) is 1.71. The Balaban J connectivity index is 2.37. The van der Waals surface area contributed by atoms with Gasteiger partial charge in [0.1, 0.15) is 23.0 Å². The van der Waals surface area contributed by atoms with Crippen molar-refractivity contribution in [1.29, 1.82) is 0 Å². The highest BCUT2D eigenvalue weighted by molar-refractivity contribution is 6.02. The van der Waals surface area contributed by atoms with Gasteiger partial charge in [-0.25, -0.2) is 4.79 Å². The van der Waals surface area contributed by atoms with E-state index >= 15 is 0 Å². The Morgan fingerprint density at radius 1 is 1.44 bits per heavy atom. The third-order valence-corrected chi connectivity index (χ3v) is 1.99. The van der Waals surface area contributed by atoms with Crippen LogP contribution in [0.1, 0.15) is 31.1 Å². The third-order valence-electron chi connectivity index (χ3n) is 1.99. The predicted molar refractivity (Wildman–Crippen MR) is 59.2 cm³/mol. The number of hydrogen-bond donors (Lipinski definition) is 0. The maximum absolute atomic E-state index is 11.8. The molecule has 4 nitrogen and oxygen atoms in total. The van der Waals surface area contributed by atoms with Crippen LogP contribution >= 0.6 is 0 Å². The molecule has 0 amide bonds. The molecule has 16 heavy (non-hydrogen) atoms. The van der Waals surface area contributed by atoms with Crippen LogP contribution in [0.15, 0.2) is 29.1 Å². The van der Waals surface area contributed by atoms with Crippen molar-refractivity contribution in [3.05, 3.63) is 30.3 Å². The van der Waals surface area contributed by atoms with E-state index < -0.39 is 5.60 Å². The number of carbonyl (C=O) groups excluding carboxylic acids is 1. The Kier molecular flexibility index (Phi) is 2.42. The summed E-state index contributed by atoms with van der Waals surface area (Å²) in [5, 5.41) is 0.678. The highest BCUT2D eigenvalue weighted by Gasteiger charge is 2.21. The van der Waals surface area contributed by atoms with E-state index in [9.17, 15) is 4.79 Å². The van der Waals surface area contributed by atoms with Gasteiger partial charge in [-0.3, -0.25) is 4.98 Å². The predicted octanol–water partition coefficient (Wildman–Crippen LogP) is 2.78. The maximum Gasteiger partial charge on any atom is 0.342 e. The van der Waals surface area contributed by atoms with Crippen molar-refractivity contribution in [3.8, 4) is 0 Å². The lowest BCUT2D eigenvalue weighted by atomic mass is 10.2. The van der Waals surface area contributed by atoms with E-state index in [0.29, 0.717) is 16.5 Å². The fourth-order valence-electron chi connectivity index (χ4n) is 1.36. The Morgan fingerprint density at radius 2 is 2.19 bits per heavy atom. The van der Waals surface area contributed by atoms with Gasteiger partial charge in [0.05, 0.1) is 5.39 Å². The minimum Gasteiger partial charge on any atom is -0.463 e. The molecule has 2 heterocycles. The number of aromatic nitrogens is 1. The van der Waals surface area contributed by atoms with Crippen molar-refractivity contribution in [3.63, 3.8) is 0 Å². The van der Waals surface area contributed by atoms with Crippen molar-refractivity contribution in [2.24, 2.45) is 0 Å². The summed E-state index contributed by atoms with van der Waals surface area (Å²) in [5.41, 5.74) is 0.539. The van der Waals surface area contributed by atoms with Crippen molar-refractivity contribution in [2.45, 2.75) is 26.4 Å². The molecule has 0 aliphatic carbocycles. The number of rotatable bonds is 1. The van der Waals surface area contributed by atoms with Gasteiger partial charge in [-0.05, 0) is 26.8 Å². The number of pyridine rings is 1. The van der Waals surface area contributed by atoms with E-state index in [-0.39, 0.29) is 5.97 Å². The fraction of sp³-hybridized carbons (Fsp3) is 0.333. The first-order chi connectivity index (χ1) is 7.47. The second kappa shape index (κ2) is 3.63. The van der Waals surface area contributed by atoms with Gasteiger partial charge >= 0.3 is 5.97 Å². The second-order valence-electron chi connectivity index (χ2n) is 4.52.